The second-order valence-electron chi connectivity index (χ2n) is 4.48. The molecule has 0 radical (unpaired) electrons. The van der Waals surface area contributed by atoms with Crippen molar-refractivity contribution in [2.75, 3.05) is 0 Å². The molecule has 8 heteroatoms. The lowest BCUT2D eigenvalue weighted by Crippen LogP contribution is -2.21. The van der Waals surface area contributed by atoms with Crippen LogP contribution in [0.3, 0.4) is 0 Å². The number of benzene rings is 1. The molecule has 0 bridgehead atoms. The Labute approximate surface area is 126 Å². The molecule has 0 aliphatic carbocycles. The van der Waals surface area contributed by atoms with Gasteiger partial charge in [-0.2, -0.15) is 5.10 Å². The summed E-state index contributed by atoms with van der Waals surface area (Å²) in [4.78, 5) is 10.7. The first-order valence-corrected chi connectivity index (χ1v) is 6.60. The Balaban J connectivity index is 2.18. The number of nitro benzene ring substituents is 1. The van der Waals surface area contributed by atoms with Gasteiger partial charge in [-0.1, -0.05) is 12.1 Å². The lowest BCUT2D eigenvalue weighted by molar-refractivity contribution is -0.384. The standard InChI is InChI=1S/C14H16N6O2/c15-14(16)18-17-9-3-5-11-6-4-10-19(11)12-7-1-2-8-13(12)20(21)22/h1-2,4,6-10H,3,5H2,(H4,15,16,18)/b17-9+. The molecule has 2 aromatic rings. The van der Waals surface area contributed by atoms with Crippen LogP contribution in [0.2, 0.25) is 0 Å². The molecule has 0 atom stereocenters. The second-order valence-corrected chi connectivity index (χ2v) is 4.48. The van der Waals surface area contributed by atoms with Crippen LogP contribution in [-0.2, 0) is 6.42 Å². The van der Waals surface area contributed by atoms with E-state index < -0.39 is 0 Å². The number of aryl methyl sites for hydroxylation is 1. The van der Waals surface area contributed by atoms with Crippen LogP contribution in [0.5, 0.6) is 0 Å². The highest BCUT2D eigenvalue weighted by atomic mass is 16.6. The zero-order valence-corrected chi connectivity index (χ0v) is 11.8. The molecular weight excluding hydrogens is 284 g/mol. The molecule has 0 fully saturated rings. The van der Waals surface area contributed by atoms with E-state index in [4.69, 9.17) is 11.5 Å². The summed E-state index contributed by atoms with van der Waals surface area (Å²) >= 11 is 0. The smallest absolute Gasteiger partial charge is 0.293 e. The maximum absolute atomic E-state index is 11.1. The summed E-state index contributed by atoms with van der Waals surface area (Å²) in [7, 11) is 0. The van der Waals surface area contributed by atoms with E-state index in [2.05, 4.69) is 10.2 Å². The Morgan fingerprint density at radius 2 is 2.05 bits per heavy atom. The van der Waals surface area contributed by atoms with Crippen molar-refractivity contribution in [3.8, 4) is 5.69 Å². The van der Waals surface area contributed by atoms with Crippen LogP contribution in [0.4, 0.5) is 5.69 Å². The molecule has 1 aromatic heterocycles. The highest BCUT2D eigenvalue weighted by Gasteiger charge is 2.15. The van der Waals surface area contributed by atoms with Crippen LogP contribution in [-0.4, -0.2) is 21.7 Å². The Morgan fingerprint density at radius 1 is 1.27 bits per heavy atom. The molecule has 0 saturated carbocycles. The number of hydrogen-bond acceptors (Lipinski definition) is 4. The second kappa shape index (κ2) is 7.02. The molecule has 1 heterocycles. The molecule has 114 valence electrons. The van der Waals surface area contributed by atoms with E-state index >= 15 is 0 Å². The van der Waals surface area contributed by atoms with Crippen molar-refractivity contribution < 1.29 is 4.92 Å². The Hall–Kier alpha value is -3.16. The maximum Gasteiger partial charge on any atom is 0.293 e. The van der Waals surface area contributed by atoms with Crippen molar-refractivity contribution >= 4 is 17.9 Å². The van der Waals surface area contributed by atoms with Crippen LogP contribution >= 0.6 is 0 Å². The molecule has 2 rings (SSSR count). The minimum absolute atomic E-state index is 0.0640. The number of aromatic nitrogens is 1. The van der Waals surface area contributed by atoms with Crippen molar-refractivity contribution in [2.24, 2.45) is 21.7 Å². The van der Waals surface area contributed by atoms with E-state index in [0.29, 0.717) is 18.5 Å². The summed E-state index contributed by atoms with van der Waals surface area (Å²) in [5.41, 5.74) is 11.9. The van der Waals surface area contributed by atoms with Gasteiger partial charge in [-0.3, -0.25) is 10.1 Å². The quantitative estimate of drug-likeness (QED) is 0.363. The molecule has 8 nitrogen and oxygen atoms in total. The van der Waals surface area contributed by atoms with Crippen molar-refractivity contribution in [1.29, 1.82) is 0 Å². The van der Waals surface area contributed by atoms with Crippen molar-refractivity contribution in [2.45, 2.75) is 12.8 Å². The zero-order chi connectivity index (χ0) is 15.9. The molecule has 0 spiro atoms. The first-order valence-electron chi connectivity index (χ1n) is 6.60. The van der Waals surface area contributed by atoms with Gasteiger partial charge in [-0.25, -0.2) is 0 Å². The summed E-state index contributed by atoms with van der Waals surface area (Å²) in [5, 5.41) is 18.3. The lowest BCUT2D eigenvalue weighted by Gasteiger charge is -2.08. The fraction of sp³-hybridized carbons (Fsp3) is 0.143. The zero-order valence-electron chi connectivity index (χ0n) is 11.8. The van der Waals surface area contributed by atoms with Gasteiger partial charge in [0, 0.05) is 24.2 Å². The fourth-order valence-electron chi connectivity index (χ4n) is 2.05. The van der Waals surface area contributed by atoms with E-state index in [1.165, 1.54) is 6.07 Å². The number of nitro groups is 1. The van der Waals surface area contributed by atoms with Gasteiger partial charge in [0.25, 0.3) is 5.69 Å². The Morgan fingerprint density at radius 3 is 2.77 bits per heavy atom. The van der Waals surface area contributed by atoms with Crippen molar-refractivity contribution in [3.63, 3.8) is 0 Å². The van der Waals surface area contributed by atoms with Gasteiger partial charge in [-0.05, 0) is 31.0 Å². The molecule has 0 saturated heterocycles. The third kappa shape index (κ3) is 3.69. The summed E-state index contributed by atoms with van der Waals surface area (Å²) in [6, 6.07) is 10.4. The number of para-hydroxylation sites is 2. The Kier molecular flexibility index (Phi) is 4.86. The first kappa shape index (κ1) is 15.2. The molecule has 22 heavy (non-hydrogen) atoms. The predicted molar refractivity (Wildman–Crippen MR) is 85.0 cm³/mol. The molecule has 4 N–H and O–H groups in total. The number of guanidine groups is 1. The molecule has 0 aliphatic heterocycles. The number of nitrogens with zero attached hydrogens (tertiary/aromatic N) is 4. The van der Waals surface area contributed by atoms with E-state index in [1.807, 2.05) is 12.1 Å². The van der Waals surface area contributed by atoms with Crippen LogP contribution in [0, 0.1) is 10.1 Å². The van der Waals surface area contributed by atoms with Gasteiger partial charge in [0.2, 0.25) is 5.96 Å². The lowest BCUT2D eigenvalue weighted by atomic mass is 10.2. The molecule has 1 aromatic carbocycles. The third-order valence-corrected chi connectivity index (χ3v) is 2.96. The van der Waals surface area contributed by atoms with Crippen molar-refractivity contribution in [1.82, 2.24) is 4.57 Å². The van der Waals surface area contributed by atoms with Crippen LogP contribution in [0.15, 0.2) is 52.8 Å². The Bertz CT molecular complexity index is 716. The minimum atomic E-state index is -0.390. The van der Waals surface area contributed by atoms with Crippen LogP contribution in [0.25, 0.3) is 5.69 Å². The maximum atomic E-state index is 11.1. The average molecular weight is 300 g/mol. The molecule has 0 unspecified atom stereocenters. The minimum Gasteiger partial charge on any atom is -0.369 e. The van der Waals surface area contributed by atoms with Gasteiger partial charge < -0.3 is 16.0 Å². The van der Waals surface area contributed by atoms with Gasteiger partial charge in [0.15, 0.2) is 0 Å². The van der Waals surface area contributed by atoms with Gasteiger partial charge in [0.05, 0.1) is 4.92 Å². The monoisotopic (exact) mass is 300 g/mol. The normalized spacial score (nSPS) is 10.7. The molecular formula is C14H16N6O2. The van der Waals surface area contributed by atoms with E-state index in [1.54, 1.807) is 35.2 Å². The number of nitrogens with two attached hydrogens (primary N) is 2. The van der Waals surface area contributed by atoms with Crippen LogP contribution < -0.4 is 11.5 Å². The van der Waals surface area contributed by atoms with E-state index in [-0.39, 0.29) is 16.6 Å². The summed E-state index contributed by atoms with van der Waals surface area (Å²) in [5.74, 6) is -0.0977. The van der Waals surface area contributed by atoms with Gasteiger partial charge >= 0.3 is 0 Å². The molecule has 0 amide bonds. The van der Waals surface area contributed by atoms with Gasteiger partial charge in [-0.15, -0.1) is 5.10 Å². The topological polar surface area (TPSA) is 125 Å². The van der Waals surface area contributed by atoms with Crippen molar-refractivity contribution in [3.05, 3.63) is 58.4 Å². The van der Waals surface area contributed by atoms with E-state index in [9.17, 15) is 10.1 Å². The largest absolute Gasteiger partial charge is 0.369 e. The predicted octanol–water partition coefficient (Wildman–Crippen LogP) is 1.58. The highest BCUT2D eigenvalue weighted by molar-refractivity contribution is 5.76. The SMILES string of the molecule is NC(N)=N/N=C/CCc1cccn1-c1ccccc1[N+](=O)[O-]. The summed E-state index contributed by atoms with van der Waals surface area (Å²) in [6.07, 6.45) is 4.66. The summed E-state index contributed by atoms with van der Waals surface area (Å²) in [6.45, 7) is 0. The van der Waals surface area contributed by atoms with E-state index in [0.717, 1.165) is 5.69 Å². The number of hydrogen-bond donors (Lipinski definition) is 2. The van der Waals surface area contributed by atoms with Crippen LogP contribution in [0.1, 0.15) is 12.1 Å². The fourth-order valence-corrected chi connectivity index (χ4v) is 2.05. The highest BCUT2D eigenvalue weighted by Crippen LogP contribution is 2.24. The number of rotatable bonds is 6. The van der Waals surface area contributed by atoms with Gasteiger partial charge in [0.1, 0.15) is 5.69 Å². The third-order valence-electron chi connectivity index (χ3n) is 2.96. The first-order chi connectivity index (χ1) is 10.6. The summed E-state index contributed by atoms with van der Waals surface area (Å²) < 4.78 is 1.80. The molecule has 0 aliphatic rings. The average Bonchev–Trinajstić information content (AvgIpc) is 2.94.